The van der Waals surface area contributed by atoms with Crippen LogP contribution in [0.5, 0.6) is 0 Å². The van der Waals surface area contributed by atoms with Gasteiger partial charge in [0.25, 0.3) is 5.56 Å². The number of hydrogen-bond acceptors (Lipinski definition) is 6. The van der Waals surface area contributed by atoms with Gasteiger partial charge in [0.15, 0.2) is 0 Å². The average Bonchev–Trinajstić information content (AvgIpc) is 3.38. The second-order valence-corrected chi connectivity index (χ2v) is 8.23. The van der Waals surface area contributed by atoms with Crippen LogP contribution in [0.15, 0.2) is 78.0 Å². The van der Waals surface area contributed by atoms with Gasteiger partial charge in [-0.3, -0.25) is 19.1 Å². The Kier molecular flexibility index (Phi) is 6.31. The van der Waals surface area contributed by atoms with Gasteiger partial charge in [-0.2, -0.15) is 0 Å². The lowest BCUT2D eigenvalue weighted by molar-refractivity contribution is -0.137. The highest BCUT2D eigenvalue weighted by molar-refractivity contribution is 5.83. The van der Waals surface area contributed by atoms with Gasteiger partial charge in [0, 0.05) is 30.8 Å². The van der Waals surface area contributed by atoms with Crippen LogP contribution in [0.25, 0.3) is 33.5 Å². The Morgan fingerprint density at radius 3 is 2.50 bits per heavy atom. The minimum absolute atomic E-state index is 0.0334. The van der Waals surface area contributed by atoms with Crippen LogP contribution < -0.4 is 5.56 Å². The van der Waals surface area contributed by atoms with Crippen molar-refractivity contribution in [2.75, 3.05) is 0 Å². The molecule has 0 atom stereocenters. The maximum absolute atomic E-state index is 13.5. The number of aliphatic carboxylic acids is 1. The molecule has 180 valence electrons. The fraction of sp³-hybridized carbons (Fsp3) is 0.154. The average molecular weight is 484 g/mol. The van der Waals surface area contributed by atoms with E-state index in [1.54, 1.807) is 41.5 Å². The number of carboxylic acid groups (broad SMARTS) is 1. The molecule has 3 aromatic heterocycles. The molecule has 2 aromatic carbocycles. The molecular formula is C26H21FN6O3. The fourth-order valence-electron chi connectivity index (χ4n) is 3.99. The van der Waals surface area contributed by atoms with Gasteiger partial charge in [0.2, 0.25) is 0 Å². The van der Waals surface area contributed by atoms with E-state index in [0.717, 1.165) is 11.3 Å². The van der Waals surface area contributed by atoms with Crippen molar-refractivity contribution < 1.29 is 14.3 Å². The van der Waals surface area contributed by atoms with Gasteiger partial charge in [-0.25, -0.2) is 14.1 Å². The standard InChI is InChI=1S/C26H21FN6O3/c27-18-6-8-20(9-7-18)33-24(3-1-2-4-25(34)35)29-22-15-17(5-10-21(22)26(33)36)23-16-32(31-30-23)19-11-13-28-14-12-19/h5-16H,1-4H2,(H,34,35). The first kappa shape index (κ1) is 23.0. The molecule has 5 aromatic rings. The largest absolute Gasteiger partial charge is 0.481 e. The summed E-state index contributed by atoms with van der Waals surface area (Å²) in [4.78, 5) is 33.2. The van der Waals surface area contributed by atoms with Crippen molar-refractivity contribution in [3.63, 3.8) is 0 Å². The molecule has 0 aliphatic carbocycles. The van der Waals surface area contributed by atoms with Gasteiger partial charge in [-0.15, -0.1) is 5.10 Å². The summed E-state index contributed by atoms with van der Waals surface area (Å²) in [6, 6.07) is 14.5. The molecule has 0 saturated heterocycles. The number of hydrogen-bond donors (Lipinski definition) is 1. The van der Waals surface area contributed by atoms with Crippen molar-refractivity contribution in [1.29, 1.82) is 0 Å². The number of carboxylic acids is 1. The smallest absolute Gasteiger partial charge is 0.303 e. The van der Waals surface area contributed by atoms with E-state index in [1.807, 2.05) is 12.1 Å². The predicted molar refractivity (Wildman–Crippen MR) is 131 cm³/mol. The molecule has 0 radical (unpaired) electrons. The Labute approximate surface area is 204 Å². The number of benzene rings is 2. The topological polar surface area (TPSA) is 116 Å². The van der Waals surface area contributed by atoms with Crippen LogP contribution in [0.4, 0.5) is 4.39 Å². The second-order valence-electron chi connectivity index (χ2n) is 8.23. The van der Waals surface area contributed by atoms with Gasteiger partial charge >= 0.3 is 5.97 Å². The van der Waals surface area contributed by atoms with E-state index < -0.39 is 11.8 Å². The highest BCUT2D eigenvalue weighted by atomic mass is 19.1. The van der Waals surface area contributed by atoms with Crippen molar-refractivity contribution in [3.8, 4) is 22.6 Å². The molecule has 36 heavy (non-hydrogen) atoms. The molecule has 9 nitrogen and oxygen atoms in total. The van der Waals surface area contributed by atoms with E-state index in [-0.39, 0.29) is 12.0 Å². The summed E-state index contributed by atoms with van der Waals surface area (Å²) in [6.07, 6.45) is 6.52. The third-order valence-electron chi connectivity index (χ3n) is 5.78. The summed E-state index contributed by atoms with van der Waals surface area (Å²) in [5, 5.41) is 17.8. The molecular weight excluding hydrogens is 463 g/mol. The lowest BCUT2D eigenvalue weighted by atomic mass is 10.1. The second kappa shape index (κ2) is 9.87. The summed E-state index contributed by atoms with van der Waals surface area (Å²) in [7, 11) is 0. The number of nitrogens with zero attached hydrogens (tertiary/aromatic N) is 6. The van der Waals surface area contributed by atoms with E-state index >= 15 is 0 Å². The molecule has 10 heteroatoms. The van der Waals surface area contributed by atoms with Gasteiger partial charge in [-0.1, -0.05) is 11.3 Å². The molecule has 3 heterocycles. The molecule has 0 aliphatic heterocycles. The van der Waals surface area contributed by atoms with Crippen molar-refractivity contribution >= 4 is 16.9 Å². The fourth-order valence-corrected chi connectivity index (χ4v) is 3.99. The maximum Gasteiger partial charge on any atom is 0.303 e. The molecule has 0 amide bonds. The van der Waals surface area contributed by atoms with Crippen LogP contribution in [-0.2, 0) is 11.2 Å². The highest BCUT2D eigenvalue weighted by Gasteiger charge is 2.15. The zero-order chi connectivity index (χ0) is 25.1. The third kappa shape index (κ3) is 4.74. The van der Waals surface area contributed by atoms with Crippen LogP contribution in [0, 0.1) is 5.82 Å². The summed E-state index contributed by atoms with van der Waals surface area (Å²) < 4.78 is 16.6. The highest BCUT2D eigenvalue weighted by Crippen LogP contribution is 2.23. The zero-order valence-corrected chi connectivity index (χ0v) is 19.1. The molecule has 0 unspecified atom stereocenters. The minimum atomic E-state index is -0.873. The van der Waals surface area contributed by atoms with Crippen LogP contribution in [-0.4, -0.2) is 40.6 Å². The summed E-state index contributed by atoms with van der Waals surface area (Å²) >= 11 is 0. The molecule has 0 aliphatic rings. The molecule has 0 bridgehead atoms. The van der Waals surface area contributed by atoms with E-state index in [4.69, 9.17) is 10.1 Å². The van der Waals surface area contributed by atoms with Crippen LogP contribution in [0.1, 0.15) is 25.1 Å². The number of aryl methyl sites for hydroxylation is 1. The number of halogens is 1. The SMILES string of the molecule is O=C(O)CCCCc1nc2cc(-c3cn(-c4ccncc4)nn3)ccc2c(=O)n1-c1ccc(F)cc1. The first-order valence-corrected chi connectivity index (χ1v) is 11.4. The predicted octanol–water partition coefficient (Wildman–Crippen LogP) is 3.96. The van der Waals surface area contributed by atoms with Gasteiger partial charge in [-0.05, 0) is 61.4 Å². The Hall–Kier alpha value is -4.73. The first-order valence-electron chi connectivity index (χ1n) is 11.4. The molecule has 0 spiro atoms. The molecule has 1 N–H and O–H groups in total. The Bertz CT molecular complexity index is 1600. The number of aromatic nitrogens is 6. The van der Waals surface area contributed by atoms with Crippen molar-refractivity contribution in [1.82, 2.24) is 29.5 Å². The number of pyridine rings is 1. The van der Waals surface area contributed by atoms with Crippen molar-refractivity contribution in [2.45, 2.75) is 25.7 Å². The number of carbonyl (C=O) groups is 1. The Morgan fingerprint density at radius 2 is 1.75 bits per heavy atom. The summed E-state index contributed by atoms with van der Waals surface area (Å²) in [5.74, 6) is -0.808. The molecule has 0 fully saturated rings. The van der Waals surface area contributed by atoms with Crippen molar-refractivity contribution in [3.05, 3.63) is 95.2 Å². The van der Waals surface area contributed by atoms with Crippen LogP contribution >= 0.6 is 0 Å². The number of fused-ring (bicyclic) bond motifs is 1. The zero-order valence-electron chi connectivity index (χ0n) is 19.1. The first-order chi connectivity index (χ1) is 17.5. The van der Waals surface area contributed by atoms with Gasteiger partial charge in [0.05, 0.1) is 28.5 Å². The Balaban J connectivity index is 1.56. The minimum Gasteiger partial charge on any atom is -0.481 e. The summed E-state index contributed by atoms with van der Waals surface area (Å²) in [5.41, 5.74) is 2.86. The van der Waals surface area contributed by atoms with E-state index in [2.05, 4.69) is 15.3 Å². The van der Waals surface area contributed by atoms with E-state index in [1.165, 1.54) is 28.8 Å². The summed E-state index contributed by atoms with van der Waals surface area (Å²) in [6.45, 7) is 0. The monoisotopic (exact) mass is 484 g/mol. The normalized spacial score (nSPS) is 11.1. The van der Waals surface area contributed by atoms with Gasteiger partial charge < -0.3 is 5.11 Å². The maximum atomic E-state index is 13.5. The number of unbranched alkanes of at least 4 members (excludes halogenated alkanes) is 1. The lowest BCUT2D eigenvalue weighted by Crippen LogP contribution is -2.24. The van der Waals surface area contributed by atoms with Gasteiger partial charge in [0.1, 0.15) is 17.3 Å². The van der Waals surface area contributed by atoms with Crippen LogP contribution in [0.2, 0.25) is 0 Å². The van der Waals surface area contributed by atoms with E-state index in [9.17, 15) is 14.0 Å². The Morgan fingerprint density at radius 1 is 0.972 bits per heavy atom. The van der Waals surface area contributed by atoms with E-state index in [0.29, 0.717) is 47.4 Å². The van der Waals surface area contributed by atoms with Crippen molar-refractivity contribution in [2.24, 2.45) is 0 Å². The third-order valence-corrected chi connectivity index (χ3v) is 5.78. The van der Waals surface area contributed by atoms with Crippen LogP contribution in [0.3, 0.4) is 0 Å². The molecule has 5 rings (SSSR count). The number of rotatable bonds is 8. The lowest BCUT2D eigenvalue weighted by Gasteiger charge is -2.14. The molecule has 0 saturated carbocycles. The quantitative estimate of drug-likeness (QED) is 0.331.